The zero-order valence-corrected chi connectivity index (χ0v) is 20.8. The molecule has 0 spiro atoms. The Labute approximate surface area is 196 Å². The fraction of sp³-hybridized carbons (Fsp3) is 0.542. The molecule has 1 amide bonds. The third-order valence-corrected chi connectivity index (χ3v) is 7.88. The van der Waals surface area contributed by atoms with Gasteiger partial charge >= 0.3 is 0 Å². The van der Waals surface area contributed by atoms with E-state index in [1.54, 1.807) is 42.4 Å². The number of aromatic nitrogens is 2. The molecule has 1 aliphatic heterocycles. The Hall–Kier alpha value is -2.68. The average molecular weight is 472 g/mol. The minimum atomic E-state index is -3.23. The third-order valence-electron chi connectivity index (χ3n) is 6.75. The summed E-state index contributed by atoms with van der Waals surface area (Å²) in [6.45, 7) is 6.59. The summed E-state index contributed by atoms with van der Waals surface area (Å²) in [5.41, 5.74) is 1.13. The van der Waals surface area contributed by atoms with E-state index in [1.807, 2.05) is 20.8 Å². The summed E-state index contributed by atoms with van der Waals surface area (Å²) >= 11 is 0. The van der Waals surface area contributed by atoms with Gasteiger partial charge in [0, 0.05) is 25.9 Å². The summed E-state index contributed by atoms with van der Waals surface area (Å²) in [7, 11) is -1.44. The Bertz CT molecular complexity index is 1140. The second-order valence-electron chi connectivity index (χ2n) is 9.92. The Balaban J connectivity index is 1.65. The van der Waals surface area contributed by atoms with Crippen molar-refractivity contribution < 1.29 is 13.2 Å². The number of hydrogen-bond donors (Lipinski definition) is 1. The van der Waals surface area contributed by atoms with Crippen LogP contribution in [0, 0.1) is 5.41 Å². The highest BCUT2D eigenvalue weighted by atomic mass is 32.2. The van der Waals surface area contributed by atoms with E-state index in [9.17, 15) is 13.2 Å². The van der Waals surface area contributed by atoms with Gasteiger partial charge in [0.1, 0.15) is 5.69 Å². The molecule has 0 saturated heterocycles. The zero-order chi connectivity index (χ0) is 24.0. The van der Waals surface area contributed by atoms with Crippen LogP contribution in [0.15, 0.2) is 35.4 Å². The Morgan fingerprint density at radius 1 is 1.15 bits per heavy atom. The number of hydrogen-bond acceptors (Lipinski definition) is 7. The number of carbonyl (C=O) groups is 1. The molecule has 2 aromatic rings. The predicted octanol–water partition coefficient (Wildman–Crippen LogP) is 3.80. The summed E-state index contributed by atoms with van der Waals surface area (Å²) in [4.78, 5) is 26.8. The van der Waals surface area contributed by atoms with Crippen molar-refractivity contribution in [2.24, 2.45) is 5.41 Å². The highest BCUT2D eigenvalue weighted by Gasteiger charge is 2.41. The average Bonchev–Trinajstić information content (AvgIpc) is 3.28. The first kappa shape index (κ1) is 23.5. The van der Waals surface area contributed by atoms with Gasteiger partial charge in [0.25, 0.3) is 0 Å². The lowest BCUT2D eigenvalue weighted by atomic mass is 9.91. The van der Waals surface area contributed by atoms with Gasteiger partial charge < -0.3 is 15.1 Å². The van der Waals surface area contributed by atoms with Crippen LogP contribution >= 0.6 is 0 Å². The summed E-state index contributed by atoms with van der Waals surface area (Å²) in [5.74, 6) is 1.34. The number of amides is 1. The molecule has 178 valence electrons. The molecule has 2 heterocycles. The first-order valence-electron chi connectivity index (χ1n) is 11.5. The number of carbonyl (C=O) groups excluding carboxylic acids is 1. The lowest BCUT2D eigenvalue weighted by Gasteiger charge is -2.34. The van der Waals surface area contributed by atoms with Crippen molar-refractivity contribution in [1.82, 2.24) is 9.97 Å². The molecule has 1 atom stereocenters. The topological polar surface area (TPSA) is 95.5 Å². The monoisotopic (exact) mass is 471 g/mol. The maximum absolute atomic E-state index is 13.1. The molecule has 33 heavy (non-hydrogen) atoms. The summed E-state index contributed by atoms with van der Waals surface area (Å²) in [6, 6.07) is 7.08. The summed E-state index contributed by atoms with van der Waals surface area (Å²) in [5, 5.41) is 3.34. The molecule has 1 aromatic heterocycles. The molecule has 1 N–H and O–H groups in total. The number of sulfone groups is 1. The molecule has 1 unspecified atom stereocenters. The highest BCUT2D eigenvalue weighted by Crippen LogP contribution is 2.40. The molecule has 8 nitrogen and oxygen atoms in total. The number of benzene rings is 1. The van der Waals surface area contributed by atoms with E-state index < -0.39 is 15.3 Å². The van der Waals surface area contributed by atoms with Gasteiger partial charge in [0.2, 0.25) is 11.9 Å². The van der Waals surface area contributed by atoms with Gasteiger partial charge in [0.05, 0.1) is 22.5 Å². The normalized spacial score (nSPS) is 19.8. The summed E-state index contributed by atoms with van der Waals surface area (Å²) in [6.07, 6.45) is 7.51. The van der Waals surface area contributed by atoms with Crippen LogP contribution in [-0.2, 0) is 14.6 Å². The van der Waals surface area contributed by atoms with Crippen molar-refractivity contribution in [3.8, 4) is 0 Å². The number of fused-ring (bicyclic) bond motifs is 1. The molecular weight excluding hydrogens is 438 g/mol. The molecule has 1 saturated carbocycles. The number of rotatable bonds is 5. The molecular formula is C24H33N5O3S. The van der Waals surface area contributed by atoms with E-state index in [2.05, 4.69) is 15.2 Å². The first-order chi connectivity index (χ1) is 15.5. The van der Waals surface area contributed by atoms with E-state index in [-0.39, 0.29) is 11.9 Å². The fourth-order valence-corrected chi connectivity index (χ4v) is 5.44. The van der Waals surface area contributed by atoms with Crippen molar-refractivity contribution in [1.29, 1.82) is 0 Å². The number of anilines is 3. The van der Waals surface area contributed by atoms with Crippen LogP contribution in [-0.4, -0.2) is 50.2 Å². The lowest BCUT2D eigenvalue weighted by Crippen LogP contribution is -2.45. The zero-order valence-electron chi connectivity index (χ0n) is 20.0. The lowest BCUT2D eigenvalue weighted by molar-refractivity contribution is -0.125. The smallest absolute Gasteiger partial charge is 0.234 e. The largest absolute Gasteiger partial charge is 0.351 e. The quantitative estimate of drug-likeness (QED) is 0.708. The van der Waals surface area contributed by atoms with Crippen molar-refractivity contribution in [3.63, 3.8) is 0 Å². The molecule has 1 fully saturated rings. The predicted molar refractivity (Wildman–Crippen MR) is 130 cm³/mol. The molecule has 1 aromatic carbocycles. The van der Waals surface area contributed by atoms with Crippen LogP contribution in [0.3, 0.4) is 0 Å². The van der Waals surface area contributed by atoms with E-state index >= 15 is 0 Å². The van der Waals surface area contributed by atoms with Crippen LogP contribution in [0.1, 0.15) is 58.1 Å². The van der Waals surface area contributed by atoms with Gasteiger partial charge in [0.15, 0.2) is 15.7 Å². The van der Waals surface area contributed by atoms with Crippen LogP contribution in [0.25, 0.3) is 0 Å². The SMILES string of the molecule is CC(Nc1ncc2c(n1)N(C1CCCC1)CC(C)(C)C(=O)N2C)c1ccc(S(C)(=O)=O)cc1. The Morgan fingerprint density at radius 3 is 2.39 bits per heavy atom. The fourth-order valence-electron chi connectivity index (χ4n) is 4.81. The van der Waals surface area contributed by atoms with E-state index in [1.165, 1.54) is 19.1 Å². The van der Waals surface area contributed by atoms with Crippen LogP contribution in [0.4, 0.5) is 17.5 Å². The van der Waals surface area contributed by atoms with Crippen molar-refractivity contribution in [2.75, 3.05) is 35.0 Å². The maximum Gasteiger partial charge on any atom is 0.234 e. The molecule has 0 bridgehead atoms. The van der Waals surface area contributed by atoms with Crippen molar-refractivity contribution in [3.05, 3.63) is 36.0 Å². The molecule has 0 radical (unpaired) electrons. The van der Waals surface area contributed by atoms with Gasteiger partial charge in [-0.15, -0.1) is 0 Å². The van der Waals surface area contributed by atoms with Crippen molar-refractivity contribution >= 4 is 33.2 Å². The Kier molecular flexibility index (Phi) is 6.11. The molecule has 4 rings (SSSR count). The van der Waals surface area contributed by atoms with Crippen molar-refractivity contribution in [2.45, 2.75) is 63.4 Å². The van der Waals surface area contributed by atoms with Crippen LogP contribution < -0.4 is 15.1 Å². The third kappa shape index (κ3) is 4.69. The minimum absolute atomic E-state index is 0.0629. The van der Waals surface area contributed by atoms with Gasteiger partial charge in [-0.2, -0.15) is 4.98 Å². The van der Waals surface area contributed by atoms with Crippen LogP contribution in [0.5, 0.6) is 0 Å². The van der Waals surface area contributed by atoms with E-state index in [0.717, 1.165) is 29.9 Å². The van der Waals surface area contributed by atoms with E-state index in [4.69, 9.17) is 4.98 Å². The summed E-state index contributed by atoms with van der Waals surface area (Å²) < 4.78 is 23.5. The molecule has 1 aliphatic carbocycles. The standard InChI is InChI=1S/C24H33N5O3S/c1-16(17-10-12-19(13-11-17)33(5,31)32)26-23-25-14-20-21(27-23)29(18-8-6-7-9-18)15-24(2,3)22(30)28(20)4/h10-14,16,18H,6-9,15H2,1-5H3,(H,25,26,27). The minimum Gasteiger partial charge on any atom is -0.351 e. The van der Waals surface area contributed by atoms with Gasteiger partial charge in [-0.3, -0.25) is 4.79 Å². The van der Waals surface area contributed by atoms with Gasteiger partial charge in [-0.25, -0.2) is 13.4 Å². The van der Waals surface area contributed by atoms with Gasteiger partial charge in [-0.05, 0) is 51.3 Å². The maximum atomic E-state index is 13.1. The van der Waals surface area contributed by atoms with Gasteiger partial charge in [-0.1, -0.05) is 25.0 Å². The first-order valence-corrected chi connectivity index (χ1v) is 13.3. The highest BCUT2D eigenvalue weighted by molar-refractivity contribution is 7.90. The van der Waals surface area contributed by atoms with Crippen LogP contribution in [0.2, 0.25) is 0 Å². The number of nitrogens with one attached hydrogen (secondary N) is 1. The van der Waals surface area contributed by atoms with E-state index in [0.29, 0.717) is 23.4 Å². The molecule has 2 aliphatic rings. The second kappa shape index (κ2) is 8.59. The number of nitrogens with zero attached hydrogens (tertiary/aromatic N) is 4. The molecule has 9 heteroatoms. The Morgan fingerprint density at radius 2 is 1.79 bits per heavy atom. The second-order valence-corrected chi connectivity index (χ2v) is 11.9.